The average Bonchev–Trinajstić information content (AvgIpc) is 2.30. The first-order valence-corrected chi connectivity index (χ1v) is 5.39. The van der Waals surface area contributed by atoms with Crippen LogP contribution in [0.5, 0.6) is 5.75 Å². The molecule has 0 aliphatic carbocycles. The van der Waals surface area contributed by atoms with Crippen molar-refractivity contribution in [2.45, 2.75) is 18.8 Å². The minimum atomic E-state index is -0.520. The summed E-state index contributed by atoms with van der Waals surface area (Å²) in [4.78, 5) is 10.9. The molecule has 0 spiro atoms. The maximum atomic E-state index is 10.9. The number of hydrogen-bond donors (Lipinski definition) is 2. The molecular weight excluding hydrogens is 206 g/mol. The van der Waals surface area contributed by atoms with Gasteiger partial charge in [-0.1, -0.05) is 6.07 Å². The second-order valence-electron chi connectivity index (χ2n) is 4.02. The fourth-order valence-electron chi connectivity index (χ4n) is 2.05. The first-order valence-electron chi connectivity index (χ1n) is 5.39. The molecule has 4 nitrogen and oxygen atoms in total. The summed E-state index contributed by atoms with van der Waals surface area (Å²) in [5, 5.41) is 9.84. The third-order valence-corrected chi connectivity index (χ3v) is 2.98. The van der Waals surface area contributed by atoms with Gasteiger partial charge >= 0.3 is 0 Å². The topological polar surface area (TPSA) is 72.6 Å². The molecular formula is C12H15NO3. The molecule has 2 rings (SSSR count). The highest BCUT2D eigenvalue weighted by Gasteiger charge is 2.19. The number of rotatable bonds is 2. The number of primary amides is 1. The molecule has 1 saturated heterocycles. The first kappa shape index (κ1) is 11.0. The molecule has 0 unspecified atom stereocenters. The van der Waals surface area contributed by atoms with Gasteiger partial charge in [-0.2, -0.15) is 0 Å². The summed E-state index contributed by atoms with van der Waals surface area (Å²) in [5.41, 5.74) is 6.36. The molecule has 1 heterocycles. The Labute approximate surface area is 94.0 Å². The Morgan fingerprint density at radius 1 is 1.38 bits per heavy atom. The second kappa shape index (κ2) is 4.53. The maximum Gasteiger partial charge on any atom is 0.248 e. The van der Waals surface area contributed by atoms with Crippen molar-refractivity contribution in [2.24, 2.45) is 5.73 Å². The Bertz CT molecular complexity index is 397. The van der Waals surface area contributed by atoms with E-state index in [0.717, 1.165) is 31.6 Å². The predicted octanol–water partition coefficient (Wildman–Crippen LogP) is 1.39. The molecule has 1 fully saturated rings. The highest BCUT2D eigenvalue weighted by molar-refractivity contribution is 5.93. The smallest absolute Gasteiger partial charge is 0.248 e. The molecule has 86 valence electrons. The van der Waals surface area contributed by atoms with Crippen LogP contribution < -0.4 is 5.73 Å². The summed E-state index contributed by atoms with van der Waals surface area (Å²) >= 11 is 0. The van der Waals surface area contributed by atoms with Crippen LogP contribution in [0.15, 0.2) is 18.2 Å². The van der Waals surface area contributed by atoms with Crippen molar-refractivity contribution in [2.75, 3.05) is 13.2 Å². The van der Waals surface area contributed by atoms with Gasteiger partial charge in [0, 0.05) is 18.8 Å². The molecule has 1 amide bonds. The molecule has 4 heteroatoms. The summed E-state index contributed by atoms with van der Waals surface area (Å²) in [6.45, 7) is 1.45. The minimum absolute atomic E-state index is 0.156. The van der Waals surface area contributed by atoms with E-state index >= 15 is 0 Å². The Morgan fingerprint density at radius 2 is 2.06 bits per heavy atom. The summed E-state index contributed by atoms with van der Waals surface area (Å²) in [6, 6.07) is 4.88. The third-order valence-electron chi connectivity index (χ3n) is 2.98. The van der Waals surface area contributed by atoms with Crippen molar-refractivity contribution in [3.8, 4) is 5.75 Å². The summed E-state index contributed by atoms with van der Waals surface area (Å²) in [6.07, 6.45) is 1.81. The number of phenols is 1. The predicted molar refractivity (Wildman–Crippen MR) is 59.4 cm³/mol. The van der Waals surface area contributed by atoms with Gasteiger partial charge in [-0.15, -0.1) is 0 Å². The van der Waals surface area contributed by atoms with Crippen LogP contribution >= 0.6 is 0 Å². The van der Waals surface area contributed by atoms with Crippen LogP contribution in [0, 0.1) is 0 Å². The van der Waals surface area contributed by atoms with Gasteiger partial charge in [0.1, 0.15) is 5.75 Å². The number of ether oxygens (including phenoxy) is 1. The van der Waals surface area contributed by atoms with E-state index < -0.39 is 5.91 Å². The van der Waals surface area contributed by atoms with Crippen molar-refractivity contribution in [3.63, 3.8) is 0 Å². The molecule has 16 heavy (non-hydrogen) atoms. The van der Waals surface area contributed by atoms with Gasteiger partial charge in [-0.25, -0.2) is 0 Å². The molecule has 0 saturated carbocycles. The fraction of sp³-hybridized carbons (Fsp3) is 0.417. The quantitative estimate of drug-likeness (QED) is 0.792. The molecule has 3 N–H and O–H groups in total. The molecule has 0 bridgehead atoms. The van der Waals surface area contributed by atoms with E-state index in [0.29, 0.717) is 11.5 Å². The minimum Gasteiger partial charge on any atom is -0.508 e. The van der Waals surface area contributed by atoms with E-state index in [4.69, 9.17) is 10.5 Å². The van der Waals surface area contributed by atoms with Gasteiger partial charge in [0.15, 0.2) is 0 Å². The van der Waals surface area contributed by atoms with Crippen LogP contribution in [0.25, 0.3) is 0 Å². The van der Waals surface area contributed by atoms with Crippen LogP contribution in [0.3, 0.4) is 0 Å². The molecule has 1 aliphatic heterocycles. The number of amides is 1. The Balaban J connectivity index is 2.24. The van der Waals surface area contributed by atoms with Crippen LogP contribution in [0.1, 0.15) is 34.7 Å². The van der Waals surface area contributed by atoms with Crippen molar-refractivity contribution >= 4 is 5.91 Å². The summed E-state index contributed by atoms with van der Waals surface area (Å²) in [7, 11) is 0. The highest BCUT2D eigenvalue weighted by Crippen LogP contribution is 2.33. The van der Waals surface area contributed by atoms with E-state index in [2.05, 4.69) is 0 Å². The van der Waals surface area contributed by atoms with Crippen molar-refractivity contribution in [1.29, 1.82) is 0 Å². The van der Waals surface area contributed by atoms with E-state index in [-0.39, 0.29) is 5.75 Å². The zero-order valence-electron chi connectivity index (χ0n) is 8.98. The lowest BCUT2D eigenvalue weighted by atomic mass is 9.90. The number of carbonyl (C=O) groups excluding carboxylic acids is 1. The molecule has 1 aliphatic rings. The Hall–Kier alpha value is -1.55. The lowest BCUT2D eigenvalue weighted by molar-refractivity contribution is 0.0848. The molecule has 1 aromatic carbocycles. The van der Waals surface area contributed by atoms with Gasteiger partial charge in [0.05, 0.1) is 0 Å². The van der Waals surface area contributed by atoms with Crippen LogP contribution in [0.2, 0.25) is 0 Å². The van der Waals surface area contributed by atoms with Crippen LogP contribution in [-0.2, 0) is 4.74 Å². The van der Waals surface area contributed by atoms with Gasteiger partial charge in [0.25, 0.3) is 0 Å². The van der Waals surface area contributed by atoms with E-state index in [1.54, 1.807) is 12.1 Å². The normalized spacial score (nSPS) is 17.2. The lowest BCUT2D eigenvalue weighted by Crippen LogP contribution is -2.15. The average molecular weight is 221 g/mol. The Kier molecular flexibility index (Phi) is 3.10. The van der Waals surface area contributed by atoms with E-state index in [1.807, 2.05) is 0 Å². The maximum absolute atomic E-state index is 10.9. The number of benzene rings is 1. The molecule has 0 aromatic heterocycles. The molecule has 1 aromatic rings. The summed E-state index contributed by atoms with van der Waals surface area (Å²) < 4.78 is 5.27. The third kappa shape index (κ3) is 2.17. The molecule has 0 radical (unpaired) electrons. The zero-order chi connectivity index (χ0) is 11.5. The van der Waals surface area contributed by atoms with Crippen LogP contribution in [0.4, 0.5) is 0 Å². The monoisotopic (exact) mass is 221 g/mol. The number of carbonyl (C=O) groups is 1. The van der Waals surface area contributed by atoms with E-state index in [1.165, 1.54) is 6.07 Å². The molecule has 0 atom stereocenters. The largest absolute Gasteiger partial charge is 0.508 e. The number of hydrogen-bond acceptors (Lipinski definition) is 3. The van der Waals surface area contributed by atoms with E-state index in [9.17, 15) is 9.90 Å². The summed E-state index contributed by atoms with van der Waals surface area (Å²) in [5.74, 6) is -0.0484. The van der Waals surface area contributed by atoms with Gasteiger partial charge in [-0.05, 0) is 36.5 Å². The lowest BCUT2D eigenvalue weighted by Gasteiger charge is -2.23. The van der Waals surface area contributed by atoms with Crippen LogP contribution in [-0.4, -0.2) is 24.2 Å². The van der Waals surface area contributed by atoms with Gasteiger partial charge < -0.3 is 15.6 Å². The highest BCUT2D eigenvalue weighted by atomic mass is 16.5. The van der Waals surface area contributed by atoms with Crippen molar-refractivity contribution in [1.82, 2.24) is 0 Å². The zero-order valence-corrected chi connectivity index (χ0v) is 8.98. The Morgan fingerprint density at radius 3 is 2.62 bits per heavy atom. The first-order chi connectivity index (χ1) is 7.68. The standard InChI is InChI=1S/C12H15NO3/c13-12(15)9-1-2-10(11(14)7-9)8-3-5-16-6-4-8/h1-2,7-8,14H,3-6H2,(H2,13,15). The number of nitrogens with two attached hydrogens (primary N) is 1. The van der Waals surface area contributed by atoms with Gasteiger partial charge in [0.2, 0.25) is 5.91 Å². The number of phenolic OH excluding ortho intramolecular Hbond substituents is 1. The second-order valence-corrected chi connectivity index (χ2v) is 4.02. The fourth-order valence-corrected chi connectivity index (χ4v) is 2.05. The van der Waals surface area contributed by atoms with Crippen molar-refractivity contribution in [3.05, 3.63) is 29.3 Å². The van der Waals surface area contributed by atoms with Gasteiger partial charge in [-0.3, -0.25) is 4.79 Å². The SMILES string of the molecule is NC(=O)c1ccc(C2CCOCC2)c(O)c1. The van der Waals surface area contributed by atoms with Crippen molar-refractivity contribution < 1.29 is 14.6 Å². The number of aromatic hydroxyl groups is 1.